The van der Waals surface area contributed by atoms with Gasteiger partial charge in [-0.25, -0.2) is 4.39 Å². The molecule has 0 aliphatic carbocycles. The van der Waals surface area contributed by atoms with Crippen LogP contribution < -0.4 is 0 Å². The Labute approximate surface area is 108 Å². The standard InChI is InChI=1S/C14H9BrFN/c15-8-11-6-7-12(13(9-17)14(11)16)10-4-2-1-3-5-10/h1-7H,8H2. The van der Waals surface area contributed by atoms with Crippen LogP contribution in [0.15, 0.2) is 42.5 Å². The lowest BCUT2D eigenvalue weighted by Gasteiger charge is -2.07. The van der Waals surface area contributed by atoms with Crippen molar-refractivity contribution in [1.29, 1.82) is 5.26 Å². The van der Waals surface area contributed by atoms with Crippen LogP contribution in [-0.2, 0) is 5.33 Å². The third-order valence-corrected chi connectivity index (χ3v) is 3.17. The van der Waals surface area contributed by atoms with Gasteiger partial charge in [-0.1, -0.05) is 58.4 Å². The lowest BCUT2D eigenvalue weighted by atomic mass is 9.98. The second kappa shape index (κ2) is 5.11. The van der Waals surface area contributed by atoms with E-state index in [0.717, 1.165) is 5.56 Å². The molecule has 2 rings (SSSR count). The first-order valence-electron chi connectivity index (χ1n) is 5.10. The van der Waals surface area contributed by atoms with Gasteiger partial charge in [0.2, 0.25) is 0 Å². The minimum Gasteiger partial charge on any atom is -0.205 e. The summed E-state index contributed by atoms with van der Waals surface area (Å²) in [6, 6.07) is 14.8. The van der Waals surface area contributed by atoms with E-state index in [0.29, 0.717) is 16.5 Å². The van der Waals surface area contributed by atoms with E-state index in [-0.39, 0.29) is 5.56 Å². The molecular formula is C14H9BrFN. The van der Waals surface area contributed by atoms with Crippen LogP contribution in [0.3, 0.4) is 0 Å². The van der Waals surface area contributed by atoms with E-state index in [2.05, 4.69) is 15.9 Å². The Morgan fingerprint density at radius 1 is 1.12 bits per heavy atom. The summed E-state index contributed by atoms with van der Waals surface area (Å²) >= 11 is 3.20. The highest BCUT2D eigenvalue weighted by molar-refractivity contribution is 9.08. The fraction of sp³-hybridized carbons (Fsp3) is 0.0714. The van der Waals surface area contributed by atoms with Crippen molar-refractivity contribution in [2.45, 2.75) is 5.33 Å². The Morgan fingerprint density at radius 3 is 2.41 bits per heavy atom. The van der Waals surface area contributed by atoms with E-state index in [1.54, 1.807) is 12.1 Å². The fourth-order valence-corrected chi connectivity index (χ4v) is 2.12. The van der Waals surface area contributed by atoms with Gasteiger partial charge in [0.05, 0.1) is 5.56 Å². The molecule has 1 nitrogen and oxygen atoms in total. The number of nitrogens with zero attached hydrogens (tertiary/aromatic N) is 1. The maximum atomic E-state index is 14.0. The SMILES string of the molecule is N#Cc1c(-c2ccccc2)ccc(CBr)c1F. The second-order valence-corrected chi connectivity index (χ2v) is 4.13. The van der Waals surface area contributed by atoms with Crippen molar-refractivity contribution < 1.29 is 4.39 Å². The first-order valence-corrected chi connectivity index (χ1v) is 6.23. The molecule has 0 fully saturated rings. The van der Waals surface area contributed by atoms with Gasteiger partial charge in [0.15, 0.2) is 0 Å². The van der Waals surface area contributed by atoms with Crippen LogP contribution in [0.4, 0.5) is 4.39 Å². The Morgan fingerprint density at radius 2 is 1.82 bits per heavy atom. The second-order valence-electron chi connectivity index (χ2n) is 3.57. The van der Waals surface area contributed by atoms with Crippen LogP contribution in [0.25, 0.3) is 11.1 Å². The molecule has 17 heavy (non-hydrogen) atoms. The molecule has 0 unspecified atom stereocenters. The van der Waals surface area contributed by atoms with Gasteiger partial charge in [-0.3, -0.25) is 0 Å². The van der Waals surface area contributed by atoms with Crippen molar-refractivity contribution in [3.05, 3.63) is 59.4 Å². The normalized spacial score (nSPS) is 9.94. The number of nitriles is 1. The molecule has 0 aromatic heterocycles. The van der Waals surface area contributed by atoms with Gasteiger partial charge in [0.25, 0.3) is 0 Å². The van der Waals surface area contributed by atoms with Crippen LogP contribution in [0, 0.1) is 17.1 Å². The smallest absolute Gasteiger partial charge is 0.145 e. The topological polar surface area (TPSA) is 23.8 Å². The zero-order valence-electron chi connectivity index (χ0n) is 8.95. The van der Waals surface area contributed by atoms with Gasteiger partial charge in [-0.15, -0.1) is 0 Å². The van der Waals surface area contributed by atoms with Gasteiger partial charge in [0.1, 0.15) is 11.9 Å². The number of rotatable bonds is 2. The Balaban J connectivity index is 2.65. The molecule has 0 N–H and O–H groups in total. The van der Waals surface area contributed by atoms with Gasteiger partial charge < -0.3 is 0 Å². The van der Waals surface area contributed by atoms with Crippen LogP contribution >= 0.6 is 15.9 Å². The number of hydrogen-bond acceptors (Lipinski definition) is 1. The van der Waals surface area contributed by atoms with E-state index in [1.165, 1.54) is 0 Å². The largest absolute Gasteiger partial charge is 0.205 e. The minimum atomic E-state index is -0.439. The zero-order chi connectivity index (χ0) is 12.3. The number of halogens is 2. The van der Waals surface area contributed by atoms with E-state index in [1.807, 2.05) is 36.4 Å². The van der Waals surface area contributed by atoms with Crippen LogP contribution in [-0.4, -0.2) is 0 Å². The van der Waals surface area contributed by atoms with Gasteiger partial charge >= 0.3 is 0 Å². The van der Waals surface area contributed by atoms with Crippen LogP contribution in [0.5, 0.6) is 0 Å². The summed E-state index contributed by atoms with van der Waals surface area (Å²) in [6.45, 7) is 0. The molecule has 0 aliphatic rings. The first kappa shape index (κ1) is 11.8. The van der Waals surface area contributed by atoms with Crippen molar-refractivity contribution in [3.8, 4) is 17.2 Å². The molecule has 2 aromatic rings. The van der Waals surface area contributed by atoms with Crippen molar-refractivity contribution in [3.63, 3.8) is 0 Å². The summed E-state index contributed by atoms with van der Waals surface area (Å²) in [5, 5.41) is 9.48. The Kier molecular flexibility index (Phi) is 3.55. The molecule has 3 heteroatoms. The summed E-state index contributed by atoms with van der Waals surface area (Å²) in [4.78, 5) is 0. The molecule has 0 atom stereocenters. The highest BCUT2D eigenvalue weighted by Gasteiger charge is 2.13. The van der Waals surface area contributed by atoms with E-state index in [9.17, 15) is 4.39 Å². The van der Waals surface area contributed by atoms with Gasteiger partial charge in [-0.2, -0.15) is 5.26 Å². The van der Waals surface area contributed by atoms with E-state index < -0.39 is 5.82 Å². The van der Waals surface area contributed by atoms with Crippen molar-refractivity contribution in [2.24, 2.45) is 0 Å². The summed E-state index contributed by atoms with van der Waals surface area (Å²) in [5.74, 6) is -0.439. The Hall–Kier alpha value is -1.66. The zero-order valence-corrected chi connectivity index (χ0v) is 10.5. The van der Waals surface area contributed by atoms with Crippen LogP contribution in [0.1, 0.15) is 11.1 Å². The molecule has 0 heterocycles. The fourth-order valence-electron chi connectivity index (χ4n) is 1.69. The first-order chi connectivity index (χ1) is 8.27. The van der Waals surface area contributed by atoms with E-state index in [4.69, 9.17) is 5.26 Å². The lowest BCUT2D eigenvalue weighted by Crippen LogP contribution is -1.94. The number of hydrogen-bond donors (Lipinski definition) is 0. The van der Waals surface area contributed by atoms with E-state index >= 15 is 0 Å². The van der Waals surface area contributed by atoms with Crippen LogP contribution in [0.2, 0.25) is 0 Å². The third-order valence-electron chi connectivity index (χ3n) is 2.56. The molecule has 0 bridgehead atoms. The average molecular weight is 290 g/mol. The predicted molar refractivity (Wildman–Crippen MR) is 69.2 cm³/mol. The lowest BCUT2D eigenvalue weighted by molar-refractivity contribution is 0.614. The minimum absolute atomic E-state index is 0.105. The summed E-state index contributed by atoms with van der Waals surface area (Å²) in [6.07, 6.45) is 0. The summed E-state index contributed by atoms with van der Waals surface area (Å²) in [7, 11) is 0. The Bertz CT molecular complexity index is 573. The van der Waals surface area contributed by atoms with Gasteiger partial charge in [0, 0.05) is 10.9 Å². The molecular weight excluding hydrogens is 281 g/mol. The maximum Gasteiger partial charge on any atom is 0.145 e. The summed E-state index contributed by atoms with van der Waals surface area (Å²) < 4.78 is 14.0. The third kappa shape index (κ3) is 2.22. The molecule has 0 amide bonds. The summed E-state index contributed by atoms with van der Waals surface area (Å²) in [5.41, 5.74) is 2.09. The molecule has 84 valence electrons. The molecule has 2 aromatic carbocycles. The molecule has 0 saturated heterocycles. The molecule has 0 spiro atoms. The predicted octanol–water partition coefficient (Wildman–Crippen LogP) is 4.26. The highest BCUT2D eigenvalue weighted by Crippen LogP contribution is 2.27. The molecule has 0 radical (unpaired) electrons. The number of benzene rings is 2. The van der Waals surface area contributed by atoms with Crippen molar-refractivity contribution in [2.75, 3.05) is 0 Å². The molecule has 0 aliphatic heterocycles. The van der Waals surface area contributed by atoms with Gasteiger partial charge in [-0.05, 0) is 11.1 Å². The van der Waals surface area contributed by atoms with Crippen molar-refractivity contribution >= 4 is 15.9 Å². The van der Waals surface area contributed by atoms with Crippen molar-refractivity contribution in [1.82, 2.24) is 0 Å². The quantitative estimate of drug-likeness (QED) is 0.758. The highest BCUT2D eigenvalue weighted by atomic mass is 79.9. The average Bonchev–Trinajstić information content (AvgIpc) is 2.39. The molecule has 0 saturated carbocycles. The monoisotopic (exact) mass is 289 g/mol. The maximum absolute atomic E-state index is 14.0. The number of alkyl halides is 1.